The highest BCUT2D eigenvalue weighted by Gasteiger charge is 2.15. The molecule has 0 aromatic heterocycles. The number of benzene rings is 2. The molecular formula is C22H30ClN3O2. The molecule has 0 bridgehead atoms. The van der Waals surface area contributed by atoms with Crippen LogP contribution in [0, 0.1) is 0 Å². The van der Waals surface area contributed by atoms with Gasteiger partial charge in [-0.1, -0.05) is 31.2 Å². The zero-order chi connectivity index (χ0) is 18.9. The summed E-state index contributed by atoms with van der Waals surface area (Å²) >= 11 is 0. The molecule has 1 saturated heterocycles. The van der Waals surface area contributed by atoms with Crippen LogP contribution in [0.1, 0.15) is 24.5 Å². The highest BCUT2D eigenvalue weighted by Crippen LogP contribution is 2.15. The van der Waals surface area contributed by atoms with Crippen LogP contribution in [0.15, 0.2) is 48.5 Å². The van der Waals surface area contributed by atoms with Crippen molar-refractivity contribution in [3.8, 4) is 5.75 Å². The predicted octanol–water partition coefficient (Wildman–Crippen LogP) is 4.12. The van der Waals surface area contributed by atoms with E-state index in [1.807, 2.05) is 29.2 Å². The maximum Gasteiger partial charge on any atom is 0.321 e. The van der Waals surface area contributed by atoms with E-state index in [1.165, 1.54) is 11.1 Å². The molecule has 2 N–H and O–H groups in total. The Labute approximate surface area is 173 Å². The summed E-state index contributed by atoms with van der Waals surface area (Å²) < 4.78 is 5.80. The Balaban J connectivity index is 0.00000280. The summed E-state index contributed by atoms with van der Waals surface area (Å²) in [6.45, 7) is 6.08. The maximum absolute atomic E-state index is 12.2. The number of halogens is 1. The molecule has 0 saturated carbocycles. The molecule has 0 spiro atoms. The summed E-state index contributed by atoms with van der Waals surface area (Å²) in [5.41, 5.74) is 3.42. The molecule has 2 aromatic carbocycles. The van der Waals surface area contributed by atoms with E-state index in [0.717, 1.165) is 56.9 Å². The number of urea groups is 1. The third kappa shape index (κ3) is 6.73. The number of aryl methyl sites for hydroxylation is 2. The summed E-state index contributed by atoms with van der Waals surface area (Å²) in [5, 5.41) is 6.22. The van der Waals surface area contributed by atoms with E-state index < -0.39 is 0 Å². The van der Waals surface area contributed by atoms with Gasteiger partial charge in [-0.15, -0.1) is 12.4 Å². The lowest BCUT2D eigenvalue weighted by Gasteiger charge is -2.27. The Bertz CT molecular complexity index is 714. The van der Waals surface area contributed by atoms with Gasteiger partial charge in [-0.05, 0) is 54.7 Å². The van der Waals surface area contributed by atoms with Crippen LogP contribution in [0.2, 0.25) is 0 Å². The molecular weight excluding hydrogens is 374 g/mol. The predicted molar refractivity (Wildman–Crippen MR) is 117 cm³/mol. The third-order valence-electron chi connectivity index (χ3n) is 4.82. The second-order valence-corrected chi connectivity index (χ2v) is 6.81. The molecule has 1 aliphatic heterocycles. The summed E-state index contributed by atoms with van der Waals surface area (Å²) in [5.74, 6) is 0.929. The molecule has 0 atom stereocenters. The van der Waals surface area contributed by atoms with Crippen molar-refractivity contribution in [3.05, 3.63) is 59.7 Å². The first kappa shape index (κ1) is 22.1. The number of ether oxygens (including phenoxy) is 1. The fourth-order valence-electron chi connectivity index (χ4n) is 3.11. The van der Waals surface area contributed by atoms with Crippen molar-refractivity contribution in [3.63, 3.8) is 0 Å². The minimum absolute atomic E-state index is 0. The lowest BCUT2D eigenvalue weighted by molar-refractivity contribution is 0.204. The standard InChI is InChI=1S/C22H29N3O2.ClH/c1-2-18-7-11-21(12-8-18)27-17-3-4-19-5-9-20(10-6-19)24-22(26)25-15-13-23-14-16-25;/h5-12,23H,2-4,13-17H2,1H3,(H,24,26);1H. The number of hydrogen-bond acceptors (Lipinski definition) is 3. The monoisotopic (exact) mass is 403 g/mol. The molecule has 1 heterocycles. The number of anilines is 1. The second kappa shape index (κ2) is 11.6. The number of nitrogens with one attached hydrogen (secondary N) is 2. The number of piperazine rings is 1. The molecule has 2 amide bonds. The summed E-state index contributed by atoms with van der Waals surface area (Å²) in [7, 11) is 0. The molecule has 1 aliphatic rings. The maximum atomic E-state index is 12.2. The van der Waals surface area contributed by atoms with Gasteiger partial charge >= 0.3 is 6.03 Å². The fourth-order valence-corrected chi connectivity index (χ4v) is 3.11. The molecule has 2 aromatic rings. The van der Waals surface area contributed by atoms with Gasteiger partial charge < -0.3 is 20.3 Å². The van der Waals surface area contributed by atoms with E-state index >= 15 is 0 Å². The van der Waals surface area contributed by atoms with E-state index in [1.54, 1.807) is 0 Å². The van der Waals surface area contributed by atoms with Gasteiger partial charge in [-0.25, -0.2) is 4.79 Å². The van der Waals surface area contributed by atoms with Crippen LogP contribution in [0.4, 0.5) is 10.5 Å². The lowest BCUT2D eigenvalue weighted by Crippen LogP contribution is -2.48. The van der Waals surface area contributed by atoms with Gasteiger partial charge in [0.15, 0.2) is 0 Å². The molecule has 1 fully saturated rings. The largest absolute Gasteiger partial charge is 0.494 e. The Kier molecular flexibility index (Phi) is 9.11. The molecule has 28 heavy (non-hydrogen) atoms. The van der Waals surface area contributed by atoms with E-state index in [4.69, 9.17) is 4.74 Å². The van der Waals surface area contributed by atoms with Gasteiger partial charge in [0.1, 0.15) is 5.75 Å². The van der Waals surface area contributed by atoms with Crippen LogP contribution < -0.4 is 15.4 Å². The zero-order valence-electron chi connectivity index (χ0n) is 16.4. The molecule has 3 rings (SSSR count). The highest BCUT2D eigenvalue weighted by molar-refractivity contribution is 5.89. The SMILES string of the molecule is CCc1ccc(OCCCc2ccc(NC(=O)N3CCNCC3)cc2)cc1.Cl. The van der Waals surface area contributed by atoms with Crippen molar-refractivity contribution in [2.75, 3.05) is 38.1 Å². The first-order valence-electron chi connectivity index (χ1n) is 9.82. The lowest BCUT2D eigenvalue weighted by atomic mass is 10.1. The average molecular weight is 404 g/mol. The van der Waals surface area contributed by atoms with Crippen molar-refractivity contribution in [1.29, 1.82) is 0 Å². The molecule has 0 aliphatic carbocycles. The van der Waals surface area contributed by atoms with Crippen LogP contribution in [-0.2, 0) is 12.8 Å². The topological polar surface area (TPSA) is 53.6 Å². The van der Waals surface area contributed by atoms with E-state index in [-0.39, 0.29) is 18.4 Å². The van der Waals surface area contributed by atoms with Crippen molar-refractivity contribution in [1.82, 2.24) is 10.2 Å². The van der Waals surface area contributed by atoms with E-state index in [2.05, 4.69) is 41.8 Å². The first-order chi connectivity index (χ1) is 13.2. The normalized spacial score (nSPS) is 13.5. The molecule has 0 unspecified atom stereocenters. The zero-order valence-corrected chi connectivity index (χ0v) is 17.3. The second-order valence-electron chi connectivity index (χ2n) is 6.81. The number of carbonyl (C=O) groups excluding carboxylic acids is 1. The summed E-state index contributed by atoms with van der Waals surface area (Å²) in [4.78, 5) is 14.1. The number of rotatable bonds is 7. The number of hydrogen-bond donors (Lipinski definition) is 2. The quantitative estimate of drug-likeness (QED) is 0.684. The Morgan fingerprint density at radius 2 is 1.68 bits per heavy atom. The Morgan fingerprint density at radius 1 is 1.04 bits per heavy atom. The number of amides is 2. The van der Waals surface area contributed by atoms with Crippen LogP contribution in [0.3, 0.4) is 0 Å². The van der Waals surface area contributed by atoms with Gasteiger partial charge in [0.25, 0.3) is 0 Å². The highest BCUT2D eigenvalue weighted by atomic mass is 35.5. The summed E-state index contributed by atoms with van der Waals surface area (Å²) in [6.07, 6.45) is 2.97. The van der Waals surface area contributed by atoms with Gasteiger partial charge in [-0.3, -0.25) is 0 Å². The Hall–Kier alpha value is -2.24. The molecule has 6 heteroatoms. The van der Waals surface area contributed by atoms with Crippen LogP contribution in [0.5, 0.6) is 5.75 Å². The van der Waals surface area contributed by atoms with Gasteiger partial charge in [0.05, 0.1) is 6.61 Å². The Morgan fingerprint density at radius 3 is 2.32 bits per heavy atom. The smallest absolute Gasteiger partial charge is 0.321 e. The molecule has 152 valence electrons. The van der Waals surface area contributed by atoms with Gasteiger partial charge in [0.2, 0.25) is 0 Å². The van der Waals surface area contributed by atoms with Crippen LogP contribution in [0.25, 0.3) is 0 Å². The van der Waals surface area contributed by atoms with Gasteiger partial charge in [0, 0.05) is 31.9 Å². The fraction of sp³-hybridized carbons (Fsp3) is 0.409. The van der Waals surface area contributed by atoms with Crippen LogP contribution >= 0.6 is 12.4 Å². The van der Waals surface area contributed by atoms with Gasteiger partial charge in [-0.2, -0.15) is 0 Å². The molecule has 0 radical (unpaired) electrons. The third-order valence-corrected chi connectivity index (χ3v) is 4.82. The van der Waals surface area contributed by atoms with Crippen molar-refractivity contribution < 1.29 is 9.53 Å². The van der Waals surface area contributed by atoms with E-state index in [9.17, 15) is 4.79 Å². The number of carbonyl (C=O) groups is 1. The van der Waals surface area contributed by atoms with E-state index in [0.29, 0.717) is 6.61 Å². The van der Waals surface area contributed by atoms with Crippen molar-refractivity contribution in [2.45, 2.75) is 26.2 Å². The summed E-state index contributed by atoms with van der Waals surface area (Å²) in [6, 6.07) is 16.4. The van der Waals surface area contributed by atoms with Crippen molar-refractivity contribution >= 4 is 24.1 Å². The minimum atomic E-state index is -0.0215. The number of nitrogens with zero attached hydrogens (tertiary/aromatic N) is 1. The average Bonchev–Trinajstić information content (AvgIpc) is 2.73. The van der Waals surface area contributed by atoms with Crippen LogP contribution in [-0.4, -0.2) is 43.7 Å². The first-order valence-corrected chi connectivity index (χ1v) is 9.82. The minimum Gasteiger partial charge on any atom is -0.494 e. The molecule has 5 nitrogen and oxygen atoms in total. The van der Waals surface area contributed by atoms with Crippen molar-refractivity contribution in [2.24, 2.45) is 0 Å².